The molecule has 0 atom stereocenters. The first kappa shape index (κ1) is 16.1. The van der Waals surface area contributed by atoms with E-state index >= 15 is 0 Å². The van der Waals surface area contributed by atoms with Gasteiger partial charge in [-0.05, 0) is 25.8 Å². The van der Waals surface area contributed by atoms with Gasteiger partial charge in [-0.15, -0.1) is 0 Å². The van der Waals surface area contributed by atoms with Crippen LogP contribution in [0.3, 0.4) is 0 Å². The molecule has 1 rings (SSSR count). The number of alkyl halides is 5. The summed E-state index contributed by atoms with van der Waals surface area (Å²) in [5.74, 6) is -7.58. The van der Waals surface area contributed by atoms with Crippen LogP contribution in [0.15, 0.2) is 0 Å². The second kappa shape index (κ2) is 6.02. The lowest BCUT2D eigenvalue weighted by Crippen LogP contribution is -2.54. The zero-order valence-electron chi connectivity index (χ0n) is 10.6. The van der Waals surface area contributed by atoms with Crippen molar-refractivity contribution in [2.24, 2.45) is 0 Å². The number of hydrogen-bond acceptors (Lipinski definition) is 2. The van der Waals surface area contributed by atoms with Crippen molar-refractivity contribution in [2.75, 3.05) is 19.6 Å². The van der Waals surface area contributed by atoms with Crippen LogP contribution >= 0.6 is 0 Å². The van der Waals surface area contributed by atoms with E-state index < -0.39 is 24.0 Å². The predicted molar refractivity (Wildman–Crippen MR) is 58.9 cm³/mol. The molecule has 1 aliphatic rings. The Kier molecular flexibility index (Phi) is 5.11. The average Bonchev–Trinajstić information content (AvgIpc) is 2.30. The van der Waals surface area contributed by atoms with E-state index in [9.17, 15) is 26.7 Å². The zero-order chi connectivity index (χ0) is 14.7. The van der Waals surface area contributed by atoms with Crippen LogP contribution < -0.4 is 5.32 Å². The van der Waals surface area contributed by atoms with Crippen molar-refractivity contribution in [3.05, 3.63) is 0 Å². The number of carbonyl (C=O) groups is 1. The monoisotopic (exact) mass is 288 g/mol. The van der Waals surface area contributed by atoms with Crippen LogP contribution in [0.25, 0.3) is 0 Å². The van der Waals surface area contributed by atoms with Gasteiger partial charge in [-0.3, -0.25) is 4.79 Å². The number of likely N-dealkylation sites (tertiary alicyclic amines) is 1. The highest BCUT2D eigenvalue weighted by Crippen LogP contribution is 2.35. The van der Waals surface area contributed by atoms with Crippen LogP contribution in [0.1, 0.15) is 26.2 Å². The van der Waals surface area contributed by atoms with Crippen molar-refractivity contribution in [3.8, 4) is 0 Å². The minimum Gasteiger partial charge on any atom is -0.348 e. The van der Waals surface area contributed by atoms with Gasteiger partial charge in [0, 0.05) is 19.1 Å². The zero-order valence-corrected chi connectivity index (χ0v) is 10.6. The van der Waals surface area contributed by atoms with Crippen LogP contribution in [-0.2, 0) is 4.79 Å². The number of rotatable bonds is 4. The van der Waals surface area contributed by atoms with Gasteiger partial charge in [-0.1, -0.05) is 6.92 Å². The summed E-state index contributed by atoms with van der Waals surface area (Å²) < 4.78 is 61.4. The maximum Gasteiger partial charge on any atom is 0.463 e. The maximum atomic E-state index is 12.7. The van der Waals surface area contributed by atoms with Crippen LogP contribution in [0.5, 0.6) is 0 Å². The lowest BCUT2D eigenvalue weighted by Gasteiger charge is -2.32. The van der Waals surface area contributed by atoms with E-state index in [1.807, 2.05) is 6.92 Å². The Balaban J connectivity index is 2.47. The summed E-state index contributed by atoms with van der Waals surface area (Å²) in [6.45, 7) is 4.05. The van der Waals surface area contributed by atoms with Gasteiger partial charge < -0.3 is 10.2 Å². The molecule has 0 aromatic heterocycles. The van der Waals surface area contributed by atoms with Crippen molar-refractivity contribution >= 4 is 5.91 Å². The topological polar surface area (TPSA) is 32.3 Å². The fourth-order valence-corrected chi connectivity index (χ4v) is 2.02. The number of amides is 1. The molecular formula is C11H17F5N2O. The molecule has 1 N–H and O–H groups in total. The summed E-state index contributed by atoms with van der Waals surface area (Å²) in [6.07, 6.45) is -4.12. The molecule has 112 valence electrons. The molecule has 0 saturated carbocycles. The van der Waals surface area contributed by atoms with Gasteiger partial charge in [-0.2, -0.15) is 22.0 Å². The summed E-state index contributed by atoms with van der Waals surface area (Å²) in [7, 11) is 0. The first-order valence-electron chi connectivity index (χ1n) is 6.16. The number of nitrogens with one attached hydrogen (secondary N) is 1. The van der Waals surface area contributed by atoms with E-state index in [1.54, 1.807) is 5.32 Å². The van der Waals surface area contributed by atoms with E-state index in [2.05, 4.69) is 4.90 Å². The minimum absolute atomic E-state index is 0.389. The van der Waals surface area contributed by atoms with Gasteiger partial charge in [0.2, 0.25) is 0 Å². The van der Waals surface area contributed by atoms with E-state index in [0.717, 1.165) is 13.0 Å². The first-order valence-corrected chi connectivity index (χ1v) is 6.16. The second-order valence-electron chi connectivity index (χ2n) is 4.66. The molecule has 1 heterocycles. The van der Waals surface area contributed by atoms with E-state index in [4.69, 9.17) is 0 Å². The molecule has 0 bridgehead atoms. The lowest BCUT2D eigenvalue weighted by atomic mass is 10.0. The average molecular weight is 288 g/mol. The third kappa shape index (κ3) is 4.02. The van der Waals surface area contributed by atoms with Crippen molar-refractivity contribution < 1.29 is 26.7 Å². The van der Waals surface area contributed by atoms with Gasteiger partial charge in [0.25, 0.3) is 0 Å². The highest BCUT2D eigenvalue weighted by atomic mass is 19.4. The number of hydrogen-bond donors (Lipinski definition) is 1. The van der Waals surface area contributed by atoms with Crippen LogP contribution in [0, 0.1) is 0 Å². The first-order chi connectivity index (χ1) is 8.68. The van der Waals surface area contributed by atoms with Crippen molar-refractivity contribution in [2.45, 2.75) is 44.3 Å². The molecule has 0 aliphatic carbocycles. The summed E-state index contributed by atoms with van der Waals surface area (Å²) >= 11 is 0. The number of halogens is 5. The van der Waals surface area contributed by atoms with E-state index in [-0.39, 0.29) is 0 Å². The van der Waals surface area contributed by atoms with Gasteiger partial charge >= 0.3 is 18.0 Å². The Morgan fingerprint density at radius 2 is 1.74 bits per heavy atom. The molecule has 0 unspecified atom stereocenters. The van der Waals surface area contributed by atoms with Gasteiger partial charge in [0.05, 0.1) is 0 Å². The Bertz CT molecular complexity index is 311. The van der Waals surface area contributed by atoms with E-state index in [1.165, 1.54) is 0 Å². The fraction of sp³-hybridized carbons (Fsp3) is 0.909. The Hall–Kier alpha value is -0.920. The summed E-state index contributed by atoms with van der Waals surface area (Å²) in [6, 6.07) is -0.617. The molecule has 0 radical (unpaired) electrons. The smallest absolute Gasteiger partial charge is 0.348 e. The summed E-state index contributed by atoms with van der Waals surface area (Å²) in [4.78, 5) is 13.1. The van der Waals surface area contributed by atoms with Crippen LogP contribution in [0.4, 0.5) is 22.0 Å². The van der Waals surface area contributed by atoms with Crippen LogP contribution in [0.2, 0.25) is 0 Å². The molecule has 19 heavy (non-hydrogen) atoms. The Morgan fingerprint density at radius 3 is 2.16 bits per heavy atom. The fourth-order valence-electron chi connectivity index (χ4n) is 2.02. The standard InChI is InChI=1S/C11H17F5N2O/c1-2-5-18-6-3-8(4-7-18)17-9(19)10(12,13)11(14,15)16/h8H,2-7H2,1H3,(H,17,19). The molecule has 1 aliphatic heterocycles. The van der Waals surface area contributed by atoms with Gasteiger partial charge in [-0.25, -0.2) is 0 Å². The SMILES string of the molecule is CCCN1CCC(NC(=O)C(F)(F)C(F)(F)F)CC1. The van der Waals surface area contributed by atoms with Crippen molar-refractivity contribution in [1.29, 1.82) is 0 Å². The third-order valence-corrected chi connectivity index (χ3v) is 3.10. The number of nitrogens with zero attached hydrogens (tertiary/aromatic N) is 1. The normalized spacial score (nSPS) is 19.5. The Morgan fingerprint density at radius 1 is 1.21 bits per heavy atom. The molecular weight excluding hydrogens is 271 g/mol. The molecule has 3 nitrogen and oxygen atoms in total. The van der Waals surface area contributed by atoms with E-state index in [0.29, 0.717) is 25.9 Å². The Labute approximate surface area is 108 Å². The molecule has 0 aromatic rings. The molecule has 1 amide bonds. The third-order valence-electron chi connectivity index (χ3n) is 3.10. The number of carbonyl (C=O) groups excluding carboxylic acids is 1. The lowest BCUT2D eigenvalue weighted by molar-refractivity contribution is -0.270. The largest absolute Gasteiger partial charge is 0.463 e. The van der Waals surface area contributed by atoms with Crippen LogP contribution in [-0.4, -0.2) is 48.6 Å². The predicted octanol–water partition coefficient (Wildman–Crippen LogP) is 2.17. The second-order valence-corrected chi connectivity index (χ2v) is 4.66. The molecule has 1 fully saturated rings. The van der Waals surface area contributed by atoms with Gasteiger partial charge in [0.1, 0.15) is 0 Å². The quantitative estimate of drug-likeness (QED) is 0.804. The van der Waals surface area contributed by atoms with Crippen molar-refractivity contribution in [1.82, 2.24) is 10.2 Å². The molecule has 1 saturated heterocycles. The molecule has 0 aromatic carbocycles. The maximum absolute atomic E-state index is 12.7. The highest BCUT2D eigenvalue weighted by Gasteiger charge is 2.63. The molecule has 0 spiro atoms. The minimum atomic E-state index is -5.85. The molecule has 8 heteroatoms. The highest BCUT2D eigenvalue weighted by molar-refractivity contribution is 5.84. The van der Waals surface area contributed by atoms with Crippen molar-refractivity contribution in [3.63, 3.8) is 0 Å². The summed E-state index contributed by atoms with van der Waals surface area (Å²) in [5, 5.41) is 1.79. The summed E-state index contributed by atoms with van der Waals surface area (Å²) in [5.41, 5.74) is 0. The van der Waals surface area contributed by atoms with Gasteiger partial charge in [0.15, 0.2) is 0 Å². The number of piperidine rings is 1.